The molecule has 0 fully saturated rings. The lowest BCUT2D eigenvalue weighted by atomic mass is 9.84. The van der Waals surface area contributed by atoms with Gasteiger partial charge >= 0.3 is 0 Å². The van der Waals surface area contributed by atoms with Crippen LogP contribution in [0.1, 0.15) is 16.7 Å². The maximum Gasteiger partial charge on any atom is 0.285 e. The van der Waals surface area contributed by atoms with Crippen LogP contribution in [0.15, 0.2) is 91.0 Å². The largest absolute Gasteiger partial charge is 0.285 e. The molecule has 0 spiro atoms. The highest BCUT2D eigenvalue weighted by Crippen LogP contribution is 2.65. The first-order valence-electron chi connectivity index (χ1n) is 7.04. The van der Waals surface area contributed by atoms with Crippen LogP contribution in [0, 0.1) is 0 Å². The molecule has 0 N–H and O–H groups in total. The molecule has 0 nitrogen and oxygen atoms in total. The van der Waals surface area contributed by atoms with Crippen molar-refractivity contribution in [3.63, 3.8) is 0 Å². The van der Waals surface area contributed by atoms with Crippen LogP contribution in [-0.2, 0) is 5.16 Å². The van der Waals surface area contributed by atoms with Crippen molar-refractivity contribution < 1.29 is 8.39 Å². The highest BCUT2D eigenvalue weighted by atomic mass is 31.2. The molecule has 110 valence electrons. The molecule has 3 aromatic carbocycles. The van der Waals surface area contributed by atoms with E-state index in [0.717, 1.165) is 0 Å². The fraction of sp³-hybridized carbons (Fsp3) is 0.0526. The van der Waals surface area contributed by atoms with E-state index in [-0.39, 0.29) is 0 Å². The maximum absolute atomic E-state index is 14.5. The van der Waals surface area contributed by atoms with E-state index in [1.54, 1.807) is 36.4 Å². The lowest BCUT2D eigenvalue weighted by molar-refractivity contribution is 0.671. The molecule has 0 unspecified atom stereocenters. The molecule has 0 aliphatic carbocycles. The number of hydrogen-bond acceptors (Lipinski definition) is 0. The van der Waals surface area contributed by atoms with E-state index in [9.17, 15) is 8.39 Å². The summed E-state index contributed by atoms with van der Waals surface area (Å²) in [6.07, 6.45) is 0. The molecule has 0 atom stereocenters. The quantitative estimate of drug-likeness (QED) is 0.396. The summed E-state index contributed by atoms with van der Waals surface area (Å²) in [6, 6.07) is 27.2. The van der Waals surface area contributed by atoms with Gasteiger partial charge in [0, 0.05) is 0 Å². The summed E-state index contributed by atoms with van der Waals surface area (Å²) in [5.74, 6) is 0. The topological polar surface area (TPSA) is 0 Å². The van der Waals surface area contributed by atoms with Gasteiger partial charge in [-0.1, -0.05) is 91.0 Å². The van der Waals surface area contributed by atoms with Gasteiger partial charge in [0.05, 0.1) is 0 Å². The Morgan fingerprint density at radius 1 is 0.500 bits per heavy atom. The molecular weight excluding hydrogens is 297 g/mol. The predicted octanol–water partition coefficient (Wildman–Crippen LogP) is 6.23. The van der Waals surface area contributed by atoms with Crippen LogP contribution < -0.4 is 0 Å². The van der Waals surface area contributed by atoms with E-state index in [1.807, 2.05) is 54.6 Å². The minimum atomic E-state index is -3.28. The van der Waals surface area contributed by atoms with Crippen LogP contribution in [0.5, 0.6) is 0 Å². The molecule has 3 rings (SSSR count). The molecule has 0 aliphatic heterocycles. The Bertz CT molecular complexity index is 616. The van der Waals surface area contributed by atoms with Crippen LogP contribution in [0.4, 0.5) is 8.39 Å². The Hall–Kier alpha value is -2.05. The highest BCUT2D eigenvalue weighted by molar-refractivity contribution is 7.48. The van der Waals surface area contributed by atoms with Gasteiger partial charge in [-0.15, -0.1) is 0 Å². The molecule has 0 aromatic heterocycles. The molecule has 0 amide bonds. The van der Waals surface area contributed by atoms with Gasteiger partial charge in [0.25, 0.3) is 8.54 Å². The van der Waals surface area contributed by atoms with Crippen molar-refractivity contribution in [2.24, 2.45) is 0 Å². The van der Waals surface area contributed by atoms with Gasteiger partial charge in [-0.2, -0.15) is 8.39 Å². The van der Waals surface area contributed by atoms with Crippen molar-refractivity contribution in [1.29, 1.82) is 0 Å². The van der Waals surface area contributed by atoms with Gasteiger partial charge < -0.3 is 0 Å². The Labute approximate surface area is 130 Å². The smallest absolute Gasteiger partial charge is 0.187 e. The summed E-state index contributed by atoms with van der Waals surface area (Å²) >= 11 is 0. The summed E-state index contributed by atoms with van der Waals surface area (Å²) in [4.78, 5) is 0. The second kappa shape index (κ2) is 6.37. The molecule has 22 heavy (non-hydrogen) atoms. The molecule has 0 heterocycles. The first-order valence-corrected chi connectivity index (χ1v) is 8.17. The number of benzene rings is 3. The van der Waals surface area contributed by atoms with E-state index in [2.05, 4.69) is 0 Å². The highest BCUT2D eigenvalue weighted by Gasteiger charge is 2.46. The average Bonchev–Trinajstić information content (AvgIpc) is 2.58. The Balaban J connectivity index is 2.34. The van der Waals surface area contributed by atoms with Gasteiger partial charge in [-0.25, -0.2) is 0 Å². The third-order valence-electron chi connectivity index (χ3n) is 3.83. The van der Waals surface area contributed by atoms with E-state index >= 15 is 0 Å². The third-order valence-corrected chi connectivity index (χ3v) is 5.11. The first-order chi connectivity index (χ1) is 10.8. The fourth-order valence-electron chi connectivity index (χ4n) is 2.83. The standard InChI is InChI=1S/C19H15F2P/c20-22(21)19(16-10-4-1-5-11-16,17-12-6-2-7-13-17)18-14-8-3-9-15-18/h1-15H. The van der Waals surface area contributed by atoms with Crippen molar-refractivity contribution >= 4 is 8.54 Å². The van der Waals surface area contributed by atoms with E-state index < -0.39 is 13.7 Å². The second-order valence-electron chi connectivity index (χ2n) is 5.04. The van der Waals surface area contributed by atoms with Gasteiger partial charge in [0.15, 0.2) is 0 Å². The molecule has 3 heteroatoms. The molecule has 3 aromatic rings. The Kier molecular flexibility index (Phi) is 4.31. The van der Waals surface area contributed by atoms with E-state index in [0.29, 0.717) is 16.7 Å². The predicted molar refractivity (Wildman–Crippen MR) is 88.3 cm³/mol. The maximum atomic E-state index is 14.5. The van der Waals surface area contributed by atoms with Crippen molar-refractivity contribution in [1.82, 2.24) is 0 Å². The van der Waals surface area contributed by atoms with Gasteiger partial charge in [-0.3, -0.25) is 0 Å². The van der Waals surface area contributed by atoms with Crippen molar-refractivity contribution in [3.05, 3.63) is 108 Å². The number of halogens is 2. The summed E-state index contributed by atoms with van der Waals surface area (Å²) in [5.41, 5.74) is 1.88. The zero-order valence-corrected chi connectivity index (χ0v) is 12.8. The Morgan fingerprint density at radius 2 is 0.773 bits per heavy atom. The van der Waals surface area contributed by atoms with Crippen LogP contribution >= 0.6 is 8.54 Å². The zero-order chi connectivity index (χ0) is 15.4. The van der Waals surface area contributed by atoms with Crippen LogP contribution in [-0.4, -0.2) is 0 Å². The third kappa shape index (κ3) is 2.44. The summed E-state index contributed by atoms with van der Waals surface area (Å²) in [5, 5.41) is -1.39. The van der Waals surface area contributed by atoms with Crippen LogP contribution in [0.25, 0.3) is 0 Å². The molecule has 0 saturated heterocycles. The Morgan fingerprint density at radius 3 is 1.00 bits per heavy atom. The zero-order valence-electron chi connectivity index (χ0n) is 11.9. The van der Waals surface area contributed by atoms with Crippen molar-refractivity contribution in [3.8, 4) is 0 Å². The van der Waals surface area contributed by atoms with Crippen LogP contribution in [0.2, 0.25) is 0 Å². The molecule has 0 radical (unpaired) electrons. The number of rotatable bonds is 4. The fourth-order valence-corrected chi connectivity index (χ4v) is 3.86. The minimum Gasteiger partial charge on any atom is -0.187 e. The van der Waals surface area contributed by atoms with Crippen LogP contribution in [0.3, 0.4) is 0 Å². The van der Waals surface area contributed by atoms with Crippen molar-refractivity contribution in [2.45, 2.75) is 5.16 Å². The van der Waals surface area contributed by atoms with Crippen molar-refractivity contribution in [2.75, 3.05) is 0 Å². The lowest BCUT2D eigenvalue weighted by Crippen LogP contribution is -2.25. The average molecular weight is 312 g/mol. The van der Waals surface area contributed by atoms with Gasteiger partial charge in [0.2, 0.25) is 0 Å². The normalized spacial score (nSPS) is 11.6. The molecule has 0 aliphatic rings. The van der Waals surface area contributed by atoms with Gasteiger partial charge in [0.1, 0.15) is 5.16 Å². The monoisotopic (exact) mass is 312 g/mol. The lowest BCUT2D eigenvalue weighted by Gasteiger charge is -2.33. The summed E-state index contributed by atoms with van der Waals surface area (Å²) in [7, 11) is -3.28. The van der Waals surface area contributed by atoms with E-state index in [4.69, 9.17) is 0 Å². The molecule has 0 saturated carbocycles. The number of hydrogen-bond donors (Lipinski definition) is 0. The summed E-state index contributed by atoms with van der Waals surface area (Å²) in [6.45, 7) is 0. The first kappa shape index (κ1) is 14.9. The summed E-state index contributed by atoms with van der Waals surface area (Å²) < 4.78 is 29.0. The van der Waals surface area contributed by atoms with Gasteiger partial charge in [-0.05, 0) is 16.7 Å². The molecule has 0 bridgehead atoms. The second-order valence-corrected chi connectivity index (χ2v) is 6.18. The molecular formula is C19H15F2P. The van der Waals surface area contributed by atoms with E-state index in [1.165, 1.54) is 0 Å². The SMILES string of the molecule is FP(F)C(c1ccccc1)(c1ccccc1)c1ccccc1. The minimum absolute atomic E-state index is 0.628.